The molecule has 3 N–H and O–H groups in total. The summed E-state index contributed by atoms with van der Waals surface area (Å²) in [5.41, 5.74) is 7.16. The molecule has 0 saturated carbocycles. The molecule has 16 heavy (non-hydrogen) atoms. The number of hydrogen-bond acceptors (Lipinski definition) is 5. The van der Waals surface area contributed by atoms with Crippen LogP contribution in [0.1, 0.15) is 5.56 Å². The molecule has 0 bridgehead atoms. The molecule has 1 heterocycles. The van der Waals surface area contributed by atoms with Crippen LogP contribution in [0.25, 0.3) is 0 Å². The van der Waals surface area contributed by atoms with Gasteiger partial charge in [-0.25, -0.2) is 0 Å². The molecule has 5 nitrogen and oxygen atoms in total. The second-order valence-corrected chi connectivity index (χ2v) is 4.03. The quantitative estimate of drug-likeness (QED) is 0.784. The zero-order valence-electron chi connectivity index (χ0n) is 8.38. The molecule has 1 aromatic heterocycles. The Kier molecular flexibility index (Phi) is 3.11. The Labute approximate surface area is 96.5 Å². The summed E-state index contributed by atoms with van der Waals surface area (Å²) in [4.78, 5) is 11.6. The Balaban J connectivity index is 1.95. The maximum absolute atomic E-state index is 11.6. The number of rotatable bonds is 3. The molecular formula is C10H10N4OS. The summed E-state index contributed by atoms with van der Waals surface area (Å²) in [6, 6.07) is 7.22. The minimum Gasteiger partial charge on any atom is -0.399 e. The van der Waals surface area contributed by atoms with E-state index in [2.05, 4.69) is 14.9 Å². The molecule has 1 amide bonds. The number of nitrogen functional groups attached to an aromatic ring is 1. The fraction of sp³-hybridized carbons (Fsp3) is 0.100. The van der Waals surface area contributed by atoms with Crippen molar-refractivity contribution in [1.29, 1.82) is 0 Å². The van der Waals surface area contributed by atoms with Crippen LogP contribution in [0.3, 0.4) is 0 Å². The number of carbonyl (C=O) groups excluding carboxylic acids is 1. The molecule has 0 fully saturated rings. The largest absolute Gasteiger partial charge is 0.399 e. The summed E-state index contributed by atoms with van der Waals surface area (Å²) in [5, 5.41) is 6.99. The molecular weight excluding hydrogens is 224 g/mol. The molecule has 0 saturated heterocycles. The van der Waals surface area contributed by atoms with E-state index in [1.165, 1.54) is 6.20 Å². The number of anilines is 2. The third-order valence-electron chi connectivity index (χ3n) is 1.97. The molecule has 0 atom stereocenters. The fourth-order valence-electron chi connectivity index (χ4n) is 1.22. The van der Waals surface area contributed by atoms with Crippen LogP contribution in [-0.2, 0) is 11.2 Å². The maximum Gasteiger partial charge on any atom is 0.229 e. The highest BCUT2D eigenvalue weighted by Crippen LogP contribution is 2.11. The maximum atomic E-state index is 11.6. The van der Waals surface area contributed by atoms with Gasteiger partial charge in [-0.1, -0.05) is 16.6 Å². The molecule has 0 aliphatic rings. The highest BCUT2D eigenvalue weighted by molar-refractivity contribution is 7.10. The first kappa shape index (κ1) is 10.6. The molecule has 0 aliphatic carbocycles. The van der Waals surface area contributed by atoms with Crippen molar-refractivity contribution in [3.8, 4) is 0 Å². The SMILES string of the molecule is Nc1ccc(CC(=O)Nc2cnns2)cc1. The third-order valence-corrected chi connectivity index (χ3v) is 2.55. The van der Waals surface area contributed by atoms with Crippen LogP contribution in [0.15, 0.2) is 30.5 Å². The van der Waals surface area contributed by atoms with E-state index in [1.54, 1.807) is 12.1 Å². The van der Waals surface area contributed by atoms with Gasteiger partial charge in [0, 0.05) is 17.2 Å². The van der Waals surface area contributed by atoms with Crippen LogP contribution in [0.5, 0.6) is 0 Å². The minimum atomic E-state index is -0.0872. The number of aromatic nitrogens is 2. The number of nitrogens with two attached hydrogens (primary N) is 1. The zero-order chi connectivity index (χ0) is 11.4. The lowest BCUT2D eigenvalue weighted by Crippen LogP contribution is -2.13. The number of hydrogen-bond donors (Lipinski definition) is 2. The van der Waals surface area contributed by atoms with E-state index in [0.717, 1.165) is 17.1 Å². The molecule has 0 spiro atoms. The summed E-state index contributed by atoms with van der Waals surface area (Å²) in [6.07, 6.45) is 1.84. The Hall–Kier alpha value is -1.95. The van der Waals surface area contributed by atoms with Gasteiger partial charge in [0.15, 0.2) is 0 Å². The molecule has 0 aliphatic heterocycles. The summed E-state index contributed by atoms with van der Waals surface area (Å²) >= 11 is 1.15. The van der Waals surface area contributed by atoms with Crippen molar-refractivity contribution >= 4 is 28.1 Å². The van der Waals surface area contributed by atoms with E-state index in [0.29, 0.717) is 17.1 Å². The Morgan fingerprint density at radius 2 is 2.12 bits per heavy atom. The van der Waals surface area contributed by atoms with Gasteiger partial charge >= 0.3 is 0 Å². The average molecular weight is 234 g/mol. The van der Waals surface area contributed by atoms with Crippen molar-refractivity contribution in [2.24, 2.45) is 0 Å². The first-order valence-electron chi connectivity index (χ1n) is 4.65. The van der Waals surface area contributed by atoms with Crippen LogP contribution in [-0.4, -0.2) is 15.5 Å². The monoisotopic (exact) mass is 234 g/mol. The molecule has 2 aromatic rings. The van der Waals surface area contributed by atoms with Crippen LogP contribution in [0.4, 0.5) is 10.7 Å². The Morgan fingerprint density at radius 3 is 2.75 bits per heavy atom. The average Bonchev–Trinajstić information content (AvgIpc) is 2.74. The van der Waals surface area contributed by atoms with Gasteiger partial charge in [-0.05, 0) is 17.7 Å². The van der Waals surface area contributed by atoms with Crippen molar-refractivity contribution in [1.82, 2.24) is 9.59 Å². The van der Waals surface area contributed by atoms with E-state index < -0.39 is 0 Å². The molecule has 0 radical (unpaired) electrons. The second kappa shape index (κ2) is 4.71. The summed E-state index contributed by atoms with van der Waals surface area (Å²) in [5.74, 6) is -0.0872. The minimum absolute atomic E-state index is 0.0872. The van der Waals surface area contributed by atoms with Crippen molar-refractivity contribution in [3.05, 3.63) is 36.0 Å². The first-order valence-corrected chi connectivity index (χ1v) is 5.43. The predicted molar refractivity (Wildman–Crippen MR) is 63.1 cm³/mol. The highest BCUT2D eigenvalue weighted by Gasteiger charge is 2.05. The smallest absolute Gasteiger partial charge is 0.229 e. The standard InChI is InChI=1S/C10H10N4OS/c11-8-3-1-7(2-4-8)5-9(15)13-10-6-12-14-16-10/h1-4,6H,5,11H2,(H,13,15). The Bertz CT molecular complexity index is 466. The van der Waals surface area contributed by atoms with E-state index >= 15 is 0 Å². The molecule has 1 aromatic carbocycles. The normalized spacial score (nSPS) is 10.0. The number of nitrogens with zero attached hydrogens (tertiary/aromatic N) is 2. The lowest BCUT2D eigenvalue weighted by molar-refractivity contribution is -0.115. The van der Waals surface area contributed by atoms with E-state index in [9.17, 15) is 4.79 Å². The predicted octanol–water partition coefficient (Wildman–Crippen LogP) is 1.30. The fourth-order valence-corrected chi connectivity index (χ4v) is 1.66. The van der Waals surface area contributed by atoms with Gasteiger partial charge in [-0.2, -0.15) is 0 Å². The van der Waals surface area contributed by atoms with Crippen molar-refractivity contribution in [3.63, 3.8) is 0 Å². The van der Waals surface area contributed by atoms with Gasteiger partial charge in [0.05, 0.1) is 12.6 Å². The van der Waals surface area contributed by atoms with Crippen LogP contribution < -0.4 is 11.1 Å². The van der Waals surface area contributed by atoms with Crippen molar-refractivity contribution in [2.45, 2.75) is 6.42 Å². The van der Waals surface area contributed by atoms with E-state index in [1.807, 2.05) is 12.1 Å². The number of benzene rings is 1. The lowest BCUT2D eigenvalue weighted by atomic mass is 10.1. The van der Waals surface area contributed by atoms with Crippen molar-refractivity contribution < 1.29 is 4.79 Å². The first-order chi connectivity index (χ1) is 7.74. The zero-order valence-corrected chi connectivity index (χ0v) is 9.20. The van der Waals surface area contributed by atoms with Gasteiger partial charge in [0.1, 0.15) is 5.00 Å². The third kappa shape index (κ3) is 2.77. The Morgan fingerprint density at radius 1 is 1.38 bits per heavy atom. The number of nitrogens with one attached hydrogen (secondary N) is 1. The summed E-state index contributed by atoms with van der Waals surface area (Å²) in [7, 11) is 0. The lowest BCUT2D eigenvalue weighted by Gasteiger charge is -2.02. The second-order valence-electron chi connectivity index (χ2n) is 3.25. The molecule has 2 rings (SSSR count). The summed E-state index contributed by atoms with van der Waals surface area (Å²) in [6.45, 7) is 0. The van der Waals surface area contributed by atoms with Gasteiger partial charge in [-0.15, -0.1) is 5.10 Å². The molecule has 82 valence electrons. The van der Waals surface area contributed by atoms with Gasteiger partial charge in [-0.3, -0.25) is 4.79 Å². The number of amides is 1. The van der Waals surface area contributed by atoms with Gasteiger partial charge in [0.25, 0.3) is 0 Å². The summed E-state index contributed by atoms with van der Waals surface area (Å²) < 4.78 is 3.65. The number of carbonyl (C=O) groups is 1. The van der Waals surface area contributed by atoms with Crippen LogP contribution in [0, 0.1) is 0 Å². The van der Waals surface area contributed by atoms with Gasteiger partial charge in [0.2, 0.25) is 5.91 Å². The van der Waals surface area contributed by atoms with E-state index in [4.69, 9.17) is 5.73 Å². The van der Waals surface area contributed by atoms with Crippen LogP contribution in [0.2, 0.25) is 0 Å². The highest BCUT2D eigenvalue weighted by atomic mass is 32.1. The molecule has 0 unspecified atom stereocenters. The topological polar surface area (TPSA) is 80.9 Å². The van der Waals surface area contributed by atoms with E-state index in [-0.39, 0.29) is 5.91 Å². The van der Waals surface area contributed by atoms with Gasteiger partial charge < -0.3 is 11.1 Å². The van der Waals surface area contributed by atoms with Crippen molar-refractivity contribution in [2.75, 3.05) is 11.1 Å². The van der Waals surface area contributed by atoms with Crippen LogP contribution >= 0.6 is 11.5 Å². The molecule has 6 heteroatoms.